The zero-order chi connectivity index (χ0) is 12.1. The van der Waals surface area contributed by atoms with Crippen LogP contribution in [-0.2, 0) is 14.3 Å². The van der Waals surface area contributed by atoms with Crippen molar-refractivity contribution < 1.29 is 18.1 Å². The molecule has 11 heavy (non-hydrogen) atoms. The lowest BCUT2D eigenvalue weighted by Gasteiger charge is -2.06. The van der Waals surface area contributed by atoms with E-state index >= 15 is 0 Å². The third-order valence-corrected chi connectivity index (χ3v) is 1.93. The summed E-state index contributed by atoms with van der Waals surface area (Å²) in [6.45, 7) is -1.25. The first-order valence-electron chi connectivity index (χ1n) is 5.32. The first-order valence-corrected chi connectivity index (χ1v) is 5.14. The Kier molecular flexibility index (Phi) is 1.21. The summed E-state index contributed by atoms with van der Waals surface area (Å²) in [6, 6.07) is 0. The molecule has 0 spiro atoms. The van der Waals surface area contributed by atoms with Crippen molar-refractivity contribution >= 4 is 10.1 Å². The van der Waals surface area contributed by atoms with Crippen molar-refractivity contribution in [2.45, 2.75) is 26.1 Å². The van der Waals surface area contributed by atoms with Gasteiger partial charge in [0.2, 0.25) is 0 Å². The summed E-state index contributed by atoms with van der Waals surface area (Å²) in [5.41, 5.74) is -0.832. The minimum Gasteiger partial charge on any atom is -0.270 e. The van der Waals surface area contributed by atoms with Gasteiger partial charge in [0, 0.05) is 2.74 Å². The SMILES string of the molecule is [2H]C([2H])(OS(C)(=O)=O)C([2H])([2H])C1(C)CC1. The largest absolute Gasteiger partial charge is 0.270 e. The van der Waals surface area contributed by atoms with E-state index in [0.717, 1.165) is 0 Å². The van der Waals surface area contributed by atoms with Crippen molar-refractivity contribution in [3.05, 3.63) is 0 Å². The van der Waals surface area contributed by atoms with E-state index in [1.165, 1.54) is 0 Å². The van der Waals surface area contributed by atoms with Gasteiger partial charge >= 0.3 is 0 Å². The highest BCUT2D eigenvalue weighted by Crippen LogP contribution is 2.47. The average molecular weight is 182 g/mol. The molecule has 66 valence electrons. The Balaban J connectivity index is 2.95. The van der Waals surface area contributed by atoms with Gasteiger partial charge in [0.25, 0.3) is 10.1 Å². The van der Waals surface area contributed by atoms with E-state index in [4.69, 9.17) is 5.48 Å². The van der Waals surface area contributed by atoms with E-state index in [-0.39, 0.29) is 0 Å². The molecular formula is C7H14O3S. The summed E-state index contributed by atoms with van der Waals surface area (Å²) in [4.78, 5) is 0. The molecule has 0 bridgehead atoms. The molecule has 0 atom stereocenters. The molecule has 1 aliphatic carbocycles. The molecule has 0 amide bonds. The minimum atomic E-state index is -4.01. The lowest BCUT2D eigenvalue weighted by atomic mass is 10.1. The summed E-state index contributed by atoms with van der Waals surface area (Å²) >= 11 is 0. The normalized spacial score (nSPS) is 29.6. The zero-order valence-electron chi connectivity index (χ0n) is 10.5. The van der Waals surface area contributed by atoms with E-state index < -0.39 is 28.5 Å². The number of hydrogen-bond acceptors (Lipinski definition) is 3. The standard InChI is InChI=1S/C7H14O3S/c1-7(3-4-7)5-6-10-11(2,8)9/h3-6H2,1-2H3/i5D2,6D2. The molecule has 1 fully saturated rings. The Morgan fingerprint density at radius 3 is 2.55 bits per heavy atom. The monoisotopic (exact) mass is 182 g/mol. The van der Waals surface area contributed by atoms with E-state index in [1.54, 1.807) is 6.92 Å². The minimum absolute atomic E-state index is 0.534. The highest BCUT2D eigenvalue weighted by Gasteiger charge is 2.36. The fourth-order valence-corrected chi connectivity index (χ4v) is 0.725. The summed E-state index contributed by atoms with van der Waals surface area (Å²) in [5.74, 6) is 0. The van der Waals surface area contributed by atoms with Crippen molar-refractivity contribution in [3.63, 3.8) is 0 Å². The van der Waals surface area contributed by atoms with E-state index in [0.29, 0.717) is 19.1 Å². The molecule has 0 radical (unpaired) electrons. The predicted molar refractivity (Wildman–Crippen MR) is 42.8 cm³/mol. The van der Waals surface area contributed by atoms with Gasteiger partial charge in [-0.1, -0.05) is 6.92 Å². The lowest BCUT2D eigenvalue weighted by molar-refractivity contribution is 0.283. The van der Waals surface area contributed by atoms with Crippen LogP contribution in [0.3, 0.4) is 0 Å². The molecule has 0 N–H and O–H groups in total. The van der Waals surface area contributed by atoms with E-state index in [1.807, 2.05) is 0 Å². The van der Waals surface area contributed by atoms with Crippen molar-refractivity contribution in [1.29, 1.82) is 0 Å². The van der Waals surface area contributed by atoms with Gasteiger partial charge in [-0.3, -0.25) is 4.18 Å². The van der Waals surface area contributed by atoms with E-state index in [9.17, 15) is 8.42 Å². The Bertz CT molecular complexity index is 358. The first-order chi connectivity index (χ1) is 6.41. The van der Waals surface area contributed by atoms with Crippen molar-refractivity contribution in [3.8, 4) is 0 Å². The second-order valence-electron chi connectivity index (χ2n) is 3.08. The molecule has 1 rings (SSSR count). The second kappa shape index (κ2) is 2.75. The van der Waals surface area contributed by atoms with Crippen LogP contribution in [0.25, 0.3) is 0 Å². The van der Waals surface area contributed by atoms with Crippen LogP contribution in [0.2, 0.25) is 0 Å². The molecule has 1 aliphatic rings. The Morgan fingerprint density at radius 2 is 2.18 bits per heavy atom. The number of hydrogen-bond donors (Lipinski definition) is 0. The van der Waals surface area contributed by atoms with Gasteiger partial charge in [-0.15, -0.1) is 0 Å². The number of rotatable bonds is 4. The molecule has 1 saturated carbocycles. The van der Waals surface area contributed by atoms with Gasteiger partial charge in [-0.25, -0.2) is 0 Å². The quantitative estimate of drug-likeness (QED) is 0.613. The molecule has 0 aromatic rings. The van der Waals surface area contributed by atoms with Gasteiger partial charge in [0.1, 0.15) is 0 Å². The zero-order valence-corrected chi connectivity index (χ0v) is 7.36. The topological polar surface area (TPSA) is 43.4 Å². The molecule has 0 heterocycles. The van der Waals surface area contributed by atoms with Gasteiger partial charge in [0.05, 0.1) is 15.6 Å². The maximum Gasteiger partial charge on any atom is 0.264 e. The van der Waals surface area contributed by atoms with Crippen LogP contribution in [0.5, 0.6) is 0 Å². The highest BCUT2D eigenvalue weighted by molar-refractivity contribution is 7.85. The molecule has 0 aromatic carbocycles. The summed E-state index contributed by atoms with van der Waals surface area (Å²) in [6.07, 6.45) is -0.543. The van der Waals surface area contributed by atoms with Crippen LogP contribution >= 0.6 is 0 Å². The average Bonchev–Trinajstić information content (AvgIpc) is 2.63. The van der Waals surface area contributed by atoms with Crippen LogP contribution in [-0.4, -0.2) is 21.2 Å². The Hall–Kier alpha value is -0.0900. The molecule has 3 nitrogen and oxygen atoms in total. The molecule has 0 aromatic heterocycles. The highest BCUT2D eigenvalue weighted by atomic mass is 32.2. The molecule has 0 unspecified atom stereocenters. The summed E-state index contributed by atoms with van der Waals surface area (Å²) in [5, 5.41) is 0. The van der Waals surface area contributed by atoms with Gasteiger partial charge in [0.15, 0.2) is 0 Å². The Morgan fingerprint density at radius 1 is 1.64 bits per heavy atom. The molecule has 0 aliphatic heterocycles. The van der Waals surface area contributed by atoms with Crippen LogP contribution in [0, 0.1) is 5.41 Å². The van der Waals surface area contributed by atoms with Gasteiger partial charge < -0.3 is 0 Å². The third kappa shape index (κ3) is 3.72. The maximum absolute atomic E-state index is 10.8. The van der Waals surface area contributed by atoms with Crippen LogP contribution in [0.4, 0.5) is 0 Å². The molecular weight excluding hydrogens is 164 g/mol. The van der Waals surface area contributed by atoms with Crippen molar-refractivity contribution in [2.75, 3.05) is 12.8 Å². The lowest BCUT2D eigenvalue weighted by Crippen LogP contribution is -2.07. The Labute approximate surface area is 73.5 Å². The van der Waals surface area contributed by atoms with Crippen LogP contribution in [0.15, 0.2) is 0 Å². The predicted octanol–water partition coefficient (Wildman–Crippen LogP) is 1.15. The second-order valence-corrected chi connectivity index (χ2v) is 4.65. The van der Waals surface area contributed by atoms with E-state index in [2.05, 4.69) is 4.18 Å². The third-order valence-electron chi connectivity index (χ3n) is 1.55. The summed E-state index contributed by atoms with van der Waals surface area (Å²) < 4.78 is 55.8. The van der Waals surface area contributed by atoms with Crippen LogP contribution in [0.1, 0.15) is 31.6 Å². The van der Waals surface area contributed by atoms with Crippen LogP contribution < -0.4 is 0 Å². The van der Waals surface area contributed by atoms with Gasteiger partial charge in [-0.2, -0.15) is 8.42 Å². The maximum atomic E-state index is 10.8. The fourth-order valence-electron chi connectivity index (χ4n) is 0.532. The molecule has 0 saturated heterocycles. The smallest absolute Gasteiger partial charge is 0.264 e. The fraction of sp³-hybridized carbons (Fsp3) is 1.00. The summed E-state index contributed by atoms with van der Waals surface area (Å²) in [7, 11) is -4.01. The van der Waals surface area contributed by atoms with Gasteiger partial charge in [-0.05, 0) is 24.6 Å². The molecule has 4 heteroatoms. The van der Waals surface area contributed by atoms with Crippen molar-refractivity contribution in [2.24, 2.45) is 5.41 Å². The van der Waals surface area contributed by atoms with Crippen molar-refractivity contribution in [1.82, 2.24) is 0 Å². The first kappa shape index (κ1) is 4.82.